The molecule has 2 fully saturated rings. The highest BCUT2D eigenvalue weighted by Crippen LogP contribution is 2.39. The number of hydrogen-bond acceptors (Lipinski definition) is 5. The van der Waals surface area contributed by atoms with Gasteiger partial charge in [0.1, 0.15) is 5.82 Å². The molecule has 0 spiro atoms. The summed E-state index contributed by atoms with van der Waals surface area (Å²) in [5.74, 6) is 0.490. The molecule has 2 aliphatic rings. The normalized spacial score (nSPS) is 18.1. The van der Waals surface area contributed by atoms with E-state index in [0.29, 0.717) is 49.6 Å². The minimum atomic E-state index is -0.454. The van der Waals surface area contributed by atoms with E-state index in [1.165, 1.54) is 12.1 Å². The molecule has 24 heavy (non-hydrogen) atoms. The number of rotatable bonds is 3. The molecule has 0 unspecified atom stereocenters. The zero-order valence-electron chi connectivity index (χ0n) is 12.9. The van der Waals surface area contributed by atoms with Crippen LogP contribution in [0.3, 0.4) is 0 Å². The Morgan fingerprint density at radius 3 is 2.62 bits per heavy atom. The van der Waals surface area contributed by atoms with E-state index in [0.717, 1.165) is 18.9 Å². The van der Waals surface area contributed by atoms with E-state index < -0.39 is 5.82 Å². The third-order valence-corrected chi connectivity index (χ3v) is 4.67. The molecule has 1 aliphatic carbocycles. The second kappa shape index (κ2) is 6.05. The van der Waals surface area contributed by atoms with E-state index in [-0.39, 0.29) is 10.9 Å². The van der Waals surface area contributed by atoms with Crippen LogP contribution in [0.15, 0.2) is 22.6 Å². The molecule has 1 aromatic heterocycles. The molecule has 6 nitrogen and oxygen atoms in total. The SMILES string of the molecule is O=C(c1ccc(F)cc1Cl)N1CCN(c2nnc(C3CC3)o2)CC1. The largest absolute Gasteiger partial charge is 0.408 e. The lowest BCUT2D eigenvalue weighted by molar-refractivity contribution is 0.0745. The molecule has 126 valence electrons. The molecule has 0 atom stereocenters. The molecule has 1 saturated carbocycles. The van der Waals surface area contributed by atoms with Gasteiger partial charge in [-0.05, 0) is 31.0 Å². The Hall–Kier alpha value is -2.15. The summed E-state index contributed by atoms with van der Waals surface area (Å²) < 4.78 is 18.8. The van der Waals surface area contributed by atoms with Gasteiger partial charge in [0.25, 0.3) is 5.91 Å². The van der Waals surface area contributed by atoms with Crippen molar-refractivity contribution in [1.82, 2.24) is 15.1 Å². The van der Waals surface area contributed by atoms with Crippen molar-refractivity contribution in [1.29, 1.82) is 0 Å². The molecule has 1 saturated heterocycles. The second-order valence-corrected chi connectivity index (χ2v) is 6.51. The van der Waals surface area contributed by atoms with Crippen LogP contribution in [0.2, 0.25) is 5.02 Å². The average Bonchev–Trinajstić information content (AvgIpc) is 3.32. The third kappa shape index (κ3) is 2.96. The highest BCUT2D eigenvalue weighted by atomic mass is 35.5. The molecular formula is C16H16ClFN4O2. The zero-order chi connectivity index (χ0) is 16.7. The van der Waals surface area contributed by atoms with Crippen molar-refractivity contribution in [3.8, 4) is 0 Å². The number of halogens is 2. The van der Waals surface area contributed by atoms with Crippen LogP contribution < -0.4 is 4.90 Å². The lowest BCUT2D eigenvalue weighted by Crippen LogP contribution is -2.49. The molecule has 8 heteroatoms. The van der Waals surface area contributed by atoms with Crippen LogP contribution in [0, 0.1) is 5.82 Å². The minimum Gasteiger partial charge on any atom is -0.408 e. The Balaban J connectivity index is 1.40. The van der Waals surface area contributed by atoms with Gasteiger partial charge in [0.05, 0.1) is 10.6 Å². The second-order valence-electron chi connectivity index (χ2n) is 6.10. The minimum absolute atomic E-state index is 0.133. The van der Waals surface area contributed by atoms with Crippen LogP contribution >= 0.6 is 11.6 Å². The molecule has 1 aromatic carbocycles. The molecule has 1 aliphatic heterocycles. The first-order valence-electron chi connectivity index (χ1n) is 7.94. The van der Waals surface area contributed by atoms with Crippen molar-refractivity contribution in [2.24, 2.45) is 0 Å². The summed E-state index contributed by atoms with van der Waals surface area (Å²) >= 11 is 5.98. The van der Waals surface area contributed by atoms with Gasteiger partial charge in [0.2, 0.25) is 5.89 Å². The maximum absolute atomic E-state index is 13.1. The van der Waals surface area contributed by atoms with E-state index >= 15 is 0 Å². The van der Waals surface area contributed by atoms with E-state index in [1.54, 1.807) is 4.90 Å². The number of aromatic nitrogens is 2. The zero-order valence-corrected chi connectivity index (χ0v) is 13.7. The number of hydrogen-bond donors (Lipinski definition) is 0. The smallest absolute Gasteiger partial charge is 0.318 e. The fourth-order valence-corrected chi connectivity index (χ4v) is 3.03. The van der Waals surface area contributed by atoms with E-state index in [1.807, 2.05) is 4.90 Å². The van der Waals surface area contributed by atoms with Crippen LogP contribution in [0.5, 0.6) is 0 Å². The van der Waals surface area contributed by atoms with E-state index in [4.69, 9.17) is 16.0 Å². The van der Waals surface area contributed by atoms with Gasteiger partial charge in [-0.2, -0.15) is 0 Å². The Bertz CT molecular complexity index is 769. The standard InChI is InChI=1S/C16H16ClFN4O2/c17-13-9-11(18)3-4-12(13)15(23)21-5-7-22(8-6-21)16-20-19-14(24-16)10-1-2-10/h3-4,9-10H,1-2,5-8H2. The van der Waals surface area contributed by atoms with Gasteiger partial charge in [-0.1, -0.05) is 16.7 Å². The number of anilines is 1. The van der Waals surface area contributed by atoms with E-state index in [2.05, 4.69) is 10.2 Å². The van der Waals surface area contributed by atoms with Crippen molar-refractivity contribution in [2.75, 3.05) is 31.1 Å². The molecule has 2 heterocycles. The number of benzene rings is 1. The predicted octanol–water partition coefficient (Wildman–Crippen LogP) is 2.70. The number of amides is 1. The first-order chi connectivity index (χ1) is 11.6. The third-order valence-electron chi connectivity index (χ3n) is 4.36. The molecule has 0 N–H and O–H groups in total. The molecule has 4 rings (SSSR count). The molecular weight excluding hydrogens is 335 g/mol. The van der Waals surface area contributed by atoms with Gasteiger partial charge >= 0.3 is 6.01 Å². The van der Waals surface area contributed by atoms with Gasteiger partial charge in [-0.15, -0.1) is 5.10 Å². The van der Waals surface area contributed by atoms with E-state index in [9.17, 15) is 9.18 Å². The maximum Gasteiger partial charge on any atom is 0.318 e. The Labute approximate surface area is 143 Å². The number of carbonyl (C=O) groups excluding carboxylic acids is 1. The van der Waals surface area contributed by atoms with Crippen LogP contribution in [0.4, 0.5) is 10.4 Å². The number of nitrogens with zero attached hydrogens (tertiary/aromatic N) is 4. The van der Waals surface area contributed by atoms with Gasteiger partial charge in [-0.3, -0.25) is 4.79 Å². The molecule has 0 bridgehead atoms. The fourth-order valence-electron chi connectivity index (χ4n) is 2.78. The highest BCUT2D eigenvalue weighted by molar-refractivity contribution is 6.33. The number of piperazine rings is 1. The summed E-state index contributed by atoms with van der Waals surface area (Å²) in [4.78, 5) is 16.2. The summed E-state index contributed by atoms with van der Waals surface area (Å²) in [6.07, 6.45) is 2.23. The van der Waals surface area contributed by atoms with Crippen LogP contribution in [0.1, 0.15) is 35.0 Å². The lowest BCUT2D eigenvalue weighted by atomic mass is 10.1. The fraction of sp³-hybridized carbons (Fsp3) is 0.438. The Morgan fingerprint density at radius 1 is 1.21 bits per heavy atom. The quantitative estimate of drug-likeness (QED) is 0.851. The summed E-state index contributed by atoms with van der Waals surface area (Å²) in [5.41, 5.74) is 0.320. The van der Waals surface area contributed by atoms with Crippen LogP contribution in [-0.2, 0) is 0 Å². The van der Waals surface area contributed by atoms with Gasteiger partial charge in [-0.25, -0.2) is 4.39 Å². The van der Waals surface area contributed by atoms with Gasteiger partial charge < -0.3 is 14.2 Å². The topological polar surface area (TPSA) is 62.5 Å². The highest BCUT2D eigenvalue weighted by Gasteiger charge is 2.31. The first kappa shape index (κ1) is 15.4. The summed E-state index contributed by atoms with van der Waals surface area (Å²) in [7, 11) is 0. The Morgan fingerprint density at radius 2 is 1.96 bits per heavy atom. The average molecular weight is 351 g/mol. The van der Waals surface area contributed by atoms with Crippen LogP contribution in [-0.4, -0.2) is 47.2 Å². The summed E-state index contributed by atoms with van der Waals surface area (Å²) in [6.45, 7) is 2.26. The maximum atomic E-state index is 13.1. The number of carbonyl (C=O) groups is 1. The molecule has 2 aromatic rings. The van der Waals surface area contributed by atoms with Crippen molar-refractivity contribution in [3.63, 3.8) is 0 Å². The summed E-state index contributed by atoms with van der Waals surface area (Å²) in [6, 6.07) is 4.34. The van der Waals surface area contributed by atoms with Crippen molar-refractivity contribution >= 4 is 23.5 Å². The molecule has 1 amide bonds. The lowest BCUT2D eigenvalue weighted by Gasteiger charge is -2.33. The van der Waals surface area contributed by atoms with Crippen molar-refractivity contribution in [2.45, 2.75) is 18.8 Å². The Kier molecular flexibility index (Phi) is 3.88. The van der Waals surface area contributed by atoms with Crippen molar-refractivity contribution < 1.29 is 13.6 Å². The van der Waals surface area contributed by atoms with Gasteiger partial charge in [0.15, 0.2) is 0 Å². The monoisotopic (exact) mass is 350 g/mol. The predicted molar refractivity (Wildman–Crippen MR) is 85.8 cm³/mol. The first-order valence-corrected chi connectivity index (χ1v) is 8.32. The molecule has 0 radical (unpaired) electrons. The van der Waals surface area contributed by atoms with Crippen molar-refractivity contribution in [3.05, 3.63) is 40.5 Å². The van der Waals surface area contributed by atoms with Crippen LogP contribution in [0.25, 0.3) is 0 Å². The van der Waals surface area contributed by atoms with Gasteiger partial charge in [0, 0.05) is 32.1 Å². The summed E-state index contributed by atoms with van der Waals surface area (Å²) in [5, 5.41) is 8.31.